The van der Waals surface area contributed by atoms with Crippen LogP contribution < -0.4 is 88.7 Å². The molecule has 0 radical (unpaired) electrons. The van der Waals surface area contributed by atoms with Crippen LogP contribution in [0, 0.1) is 62.1 Å². The molecule has 0 aromatic rings. The van der Waals surface area contributed by atoms with Crippen molar-refractivity contribution in [2.24, 2.45) is 62.1 Å². The van der Waals surface area contributed by atoms with Crippen LogP contribution >= 0.6 is 0 Å². The van der Waals surface area contributed by atoms with Gasteiger partial charge in [-0.2, -0.15) is 0 Å². The summed E-state index contributed by atoms with van der Waals surface area (Å²) in [4.78, 5) is 52.4. The molecule has 6 rings (SSSR count). The summed E-state index contributed by atoms with van der Waals surface area (Å²) in [5, 5.41) is 20.0. The Hall–Kier alpha value is 0.820. The van der Waals surface area contributed by atoms with Crippen LogP contribution in [0.3, 0.4) is 0 Å². The van der Waals surface area contributed by atoms with Gasteiger partial charge in [-0.25, -0.2) is 0 Å². The van der Waals surface area contributed by atoms with Crippen LogP contribution in [0.15, 0.2) is 11.6 Å². The molecule has 0 aromatic carbocycles. The summed E-state index contributed by atoms with van der Waals surface area (Å²) in [6, 6.07) is 0. The average Bonchev–Trinajstić information content (AvgIpc) is 2.96. The van der Waals surface area contributed by atoms with Crippen molar-refractivity contribution in [2.45, 2.75) is 138 Å². The molecule has 250 valence electrons. The molecule has 0 bridgehead atoms. The van der Waals surface area contributed by atoms with Crippen molar-refractivity contribution >= 4 is 23.7 Å². The largest absolute Gasteiger partial charge is 1.00 e. The first-order chi connectivity index (χ1) is 20.8. The molecule has 2 N–H and O–H groups in total. The van der Waals surface area contributed by atoms with Gasteiger partial charge >= 0.3 is 107 Å². The zero-order valence-corrected chi connectivity index (χ0v) is 37.7. The van der Waals surface area contributed by atoms with E-state index >= 15 is 0 Å². The second-order valence-electron chi connectivity index (χ2n) is 18.2. The normalized spacial score (nSPS) is 45.8. The van der Waals surface area contributed by atoms with Gasteiger partial charge in [0.15, 0.2) is 5.78 Å². The molecule has 0 amide bonds. The van der Waals surface area contributed by atoms with E-state index in [4.69, 9.17) is 4.74 Å². The SMILES string of the molecule is CC1(C)[C@@H](OC(=O)C2CCCCC2C(=O)O)CC[C@]2(C)[C@H]3C(=O)C=C4[C@@H]5C[C@@](C)(C(=O)O)CC[C@]5(C)CC[C@@]4(C)[C@]3(C)CC[C@@H]12.[Na+].[Na+].[Na+]. The first kappa shape index (κ1) is 43.2. The first-order valence-corrected chi connectivity index (χ1v) is 17.8. The summed E-state index contributed by atoms with van der Waals surface area (Å²) in [5.41, 5.74) is -0.576. The van der Waals surface area contributed by atoms with Gasteiger partial charge in [0.2, 0.25) is 0 Å². The summed E-state index contributed by atoms with van der Waals surface area (Å²) >= 11 is 0. The van der Waals surface area contributed by atoms with E-state index in [1.165, 1.54) is 5.57 Å². The Kier molecular flexibility index (Phi) is 13.1. The molecule has 0 aliphatic heterocycles. The molecule has 6 aliphatic rings. The number of ketones is 1. The number of carbonyl (C=O) groups is 4. The van der Waals surface area contributed by atoms with Gasteiger partial charge in [-0.3, -0.25) is 19.2 Å². The van der Waals surface area contributed by atoms with Gasteiger partial charge in [-0.05, 0) is 117 Å². The fourth-order valence-corrected chi connectivity index (χ4v) is 12.5. The predicted molar refractivity (Wildman–Crippen MR) is 170 cm³/mol. The van der Waals surface area contributed by atoms with E-state index in [9.17, 15) is 29.4 Å². The number of carboxylic acids is 2. The first-order valence-electron chi connectivity index (χ1n) is 17.8. The Bertz CT molecular complexity index is 1350. The van der Waals surface area contributed by atoms with E-state index < -0.39 is 29.2 Å². The second-order valence-corrected chi connectivity index (χ2v) is 18.2. The van der Waals surface area contributed by atoms with Gasteiger partial charge in [-0.1, -0.05) is 60.0 Å². The summed E-state index contributed by atoms with van der Waals surface area (Å²) in [6.07, 6.45) is 12.0. The summed E-state index contributed by atoms with van der Waals surface area (Å²) in [6.45, 7) is 15.7. The number of esters is 1. The van der Waals surface area contributed by atoms with Gasteiger partial charge in [0.05, 0.1) is 17.3 Å². The molecule has 10 heteroatoms. The number of carboxylic acid groups (broad SMARTS) is 2. The van der Waals surface area contributed by atoms with Crippen LogP contribution in [0.2, 0.25) is 0 Å². The molecule has 0 heterocycles. The zero-order valence-electron chi connectivity index (χ0n) is 31.7. The number of hydrogen-bond acceptors (Lipinski definition) is 5. The molecule has 7 nitrogen and oxygen atoms in total. The number of carbonyl (C=O) groups excluding carboxylic acids is 2. The maximum Gasteiger partial charge on any atom is 1.00 e. The van der Waals surface area contributed by atoms with Crippen LogP contribution in [-0.2, 0) is 23.9 Å². The zero-order chi connectivity index (χ0) is 33.0. The topological polar surface area (TPSA) is 118 Å². The quantitative estimate of drug-likeness (QED) is 0.283. The van der Waals surface area contributed by atoms with Crippen LogP contribution in [0.25, 0.3) is 0 Å². The van der Waals surface area contributed by atoms with Crippen molar-refractivity contribution in [1.29, 1.82) is 0 Å². The van der Waals surface area contributed by atoms with Crippen molar-refractivity contribution in [3.63, 3.8) is 0 Å². The Morgan fingerprint density at radius 3 is 1.98 bits per heavy atom. The van der Waals surface area contributed by atoms with Crippen LogP contribution in [0.4, 0.5) is 0 Å². The molecule has 0 spiro atoms. The molecule has 2 unspecified atom stereocenters. The smallest absolute Gasteiger partial charge is 0.481 e. The third-order valence-electron chi connectivity index (χ3n) is 15.7. The fraction of sp³-hybridized carbons (Fsp3) is 0.842. The Morgan fingerprint density at radius 1 is 0.771 bits per heavy atom. The van der Waals surface area contributed by atoms with Gasteiger partial charge in [-0.15, -0.1) is 0 Å². The summed E-state index contributed by atoms with van der Waals surface area (Å²) in [7, 11) is 0. The molecule has 0 aromatic heterocycles. The molecular formula is C38H56Na3O7+3. The van der Waals surface area contributed by atoms with Gasteiger partial charge in [0.1, 0.15) is 6.10 Å². The van der Waals surface area contributed by atoms with E-state index in [-0.39, 0.29) is 151 Å². The van der Waals surface area contributed by atoms with E-state index in [1.54, 1.807) is 0 Å². The van der Waals surface area contributed by atoms with Crippen LogP contribution in [-0.4, -0.2) is 40.0 Å². The molecule has 0 saturated heterocycles. The Labute approximate surface area is 354 Å². The molecule has 11 atom stereocenters. The van der Waals surface area contributed by atoms with Crippen molar-refractivity contribution in [2.75, 3.05) is 0 Å². The fourth-order valence-electron chi connectivity index (χ4n) is 12.5. The molecule has 5 fully saturated rings. The maximum absolute atomic E-state index is 14.6. The van der Waals surface area contributed by atoms with Crippen molar-refractivity contribution in [3.05, 3.63) is 11.6 Å². The number of ether oxygens (including phenoxy) is 1. The third kappa shape index (κ3) is 6.41. The van der Waals surface area contributed by atoms with Gasteiger partial charge in [0, 0.05) is 11.3 Å². The number of rotatable bonds is 4. The maximum atomic E-state index is 14.6. The molecule has 5 saturated carbocycles. The molecular weight excluding hydrogens is 637 g/mol. The standard InChI is InChI=1S/C38H56O7.3Na/c1-33(2)27-12-15-38(7)29(36(27,5)14-13-28(33)45-31(42)23-11-9-8-10-22(23)30(40)41)26(39)20-24-25-21-35(4,32(43)44)17-16-34(25,3)18-19-37(24,38)6;;;/h20,22-23,25,27-29H,8-19,21H2,1-7H3,(H,40,41)(H,43,44);;;/q;3*+1/t22?,23?,25-,27-,28-,29+,34+,35-,36-,37+,38+;;;/m0.../s1. The summed E-state index contributed by atoms with van der Waals surface area (Å²) in [5.74, 6) is -2.91. The van der Waals surface area contributed by atoms with E-state index in [1.807, 2.05) is 13.0 Å². The molecule has 6 aliphatic carbocycles. The number of allylic oxidation sites excluding steroid dienone is 2. The minimum atomic E-state index is -0.903. The number of hydrogen-bond donors (Lipinski definition) is 2. The minimum absolute atomic E-state index is 0. The van der Waals surface area contributed by atoms with Crippen LogP contribution in [0.5, 0.6) is 0 Å². The second kappa shape index (κ2) is 14.6. The number of aliphatic carboxylic acids is 2. The van der Waals surface area contributed by atoms with Gasteiger partial charge < -0.3 is 14.9 Å². The number of fused-ring (bicyclic) bond motifs is 7. The van der Waals surface area contributed by atoms with Gasteiger partial charge in [0.25, 0.3) is 0 Å². The monoisotopic (exact) mass is 693 g/mol. The summed E-state index contributed by atoms with van der Waals surface area (Å²) < 4.78 is 6.28. The average molecular weight is 694 g/mol. The van der Waals surface area contributed by atoms with Crippen molar-refractivity contribution in [3.8, 4) is 0 Å². The van der Waals surface area contributed by atoms with Crippen LogP contribution in [0.1, 0.15) is 132 Å². The molecule has 48 heavy (non-hydrogen) atoms. The van der Waals surface area contributed by atoms with Crippen molar-refractivity contribution in [1.82, 2.24) is 0 Å². The van der Waals surface area contributed by atoms with Crippen molar-refractivity contribution < 1.29 is 123 Å². The van der Waals surface area contributed by atoms with E-state index in [0.29, 0.717) is 32.1 Å². The van der Waals surface area contributed by atoms with E-state index in [2.05, 4.69) is 41.5 Å². The Morgan fingerprint density at radius 2 is 1.38 bits per heavy atom. The third-order valence-corrected chi connectivity index (χ3v) is 15.7. The van der Waals surface area contributed by atoms with E-state index in [0.717, 1.165) is 51.4 Å². The Balaban J connectivity index is 0.00000208. The predicted octanol–water partition coefficient (Wildman–Crippen LogP) is -1.13. The minimum Gasteiger partial charge on any atom is -0.481 e.